The summed E-state index contributed by atoms with van der Waals surface area (Å²) in [6.45, 7) is -0.125. The van der Waals surface area contributed by atoms with E-state index in [-0.39, 0.29) is 5.97 Å². The van der Waals surface area contributed by atoms with E-state index in [1.807, 2.05) is 6.07 Å². The number of carbonyl (C=O) groups is 1. The number of halogens is 1. The number of hydrogen-bond donors (Lipinski definition) is 0. The van der Waals surface area contributed by atoms with Crippen molar-refractivity contribution in [3.63, 3.8) is 0 Å². The number of aryl methyl sites for hydroxylation is 1. The van der Waals surface area contributed by atoms with Gasteiger partial charge in [-0.15, -0.1) is 0 Å². The van der Waals surface area contributed by atoms with E-state index in [2.05, 4.69) is 0 Å². The van der Waals surface area contributed by atoms with Crippen LogP contribution in [-0.4, -0.2) is 24.3 Å². The second-order valence-corrected chi connectivity index (χ2v) is 3.43. The Hall–Kier alpha value is -1.84. The molecule has 0 bridgehead atoms. The zero-order valence-corrected chi connectivity index (χ0v) is 8.94. The largest absolute Gasteiger partial charge is 0.465 e. The number of alkyl halides is 1. The first kappa shape index (κ1) is 10.7. The summed E-state index contributed by atoms with van der Waals surface area (Å²) in [5, 5.41) is 0.794. The lowest BCUT2D eigenvalue weighted by molar-refractivity contribution is 0.0603. The highest BCUT2D eigenvalue weighted by Crippen LogP contribution is 2.20. The van der Waals surface area contributed by atoms with Crippen LogP contribution in [0.5, 0.6) is 0 Å². The van der Waals surface area contributed by atoms with E-state index in [9.17, 15) is 9.18 Å². The third-order valence-corrected chi connectivity index (χ3v) is 2.54. The van der Waals surface area contributed by atoms with Gasteiger partial charge in [0.25, 0.3) is 0 Å². The molecular formula is C12H12FNO2. The molecule has 0 N–H and O–H groups in total. The monoisotopic (exact) mass is 221 g/mol. The van der Waals surface area contributed by atoms with Gasteiger partial charge in [-0.1, -0.05) is 6.07 Å². The second-order valence-electron chi connectivity index (χ2n) is 3.43. The molecule has 1 aromatic carbocycles. The van der Waals surface area contributed by atoms with E-state index < -0.39 is 6.67 Å². The average Bonchev–Trinajstić information content (AvgIpc) is 2.72. The molecular weight excluding hydrogens is 209 g/mol. The van der Waals surface area contributed by atoms with Crippen molar-refractivity contribution in [1.29, 1.82) is 0 Å². The van der Waals surface area contributed by atoms with E-state index in [4.69, 9.17) is 4.74 Å². The Morgan fingerprint density at radius 3 is 2.94 bits per heavy atom. The summed E-state index contributed by atoms with van der Waals surface area (Å²) in [5.41, 5.74) is 1.36. The van der Waals surface area contributed by atoms with Crippen molar-refractivity contribution in [2.75, 3.05) is 13.8 Å². The minimum absolute atomic E-state index is 0.300. The Labute approximate surface area is 92.4 Å². The maximum Gasteiger partial charge on any atom is 0.338 e. The molecule has 0 unspecified atom stereocenters. The van der Waals surface area contributed by atoms with E-state index in [1.54, 1.807) is 29.0 Å². The quantitative estimate of drug-likeness (QED) is 0.745. The molecule has 84 valence electrons. The Kier molecular flexibility index (Phi) is 2.90. The summed E-state index contributed by atoms with van der Waals surface area (Å²) in [6, 6.07) is 7.13. The number of fused-ring (bicyclic) bond motifs is 1. The molecule has 4 heteroatoms. The molecule has 0 spiro atoms. The molecule has 0 saturated carbocycles. The van der Waals surface area contributed by atoms with Crippen LogP contribution >= 0.6 is 0 Å². The van der Waals surface area contributed by atoms with Crippen LogP contribution in [0.25, 0.3) is 10.9 Å². The highest BCUT2D eigenvalue weighted by atomic mass is 19.1. The van der Waals surface area contributed by atoms with Gasteiger partial charge < -0.3 is 9.30 Å². The number of nitrogens with zero attached hydrogens (tertiary/aromatic N) is 1. The van der Waals surface area contributed by atoms with Crippen molar-refractivity contribution in [3.05, 3.63) is 36.0 Å². The molecule has 0 saturated heterocycles. The minimum atomic E-state index is -0.424. The molecule has 0 atom stereocenters. The van der Waals surface area contributed by atoms with Gasteiger partial charge in [0.15, 0.2) is 0 Å². The highest BCUT2D eigenvalue weighted by Gasteiger charge is 2.11. The third-order valence-electron chi connectivity index (χ3n) is 2.54. The number of methoxy groups -OCH3 is 1. The van der Waals surface area contributed by atoms with Gasteiger partial charge in [-0.2, -0.15) is 0 Å². The normalized spacial score (nSPS) is 10.6. The fraction of sp³-hybridized carbons (Fsp3) is 0.250. The van der Waals surface area contributed by atoms with Crippen molar-refractivity contribution in [1.82, 2.24) is 4.57 Å². The van der Waals surface area contributed by atoms with E-state index in [0.717, 1.165) is 10.9 Å². The molecule has 0 radical (unpaired) electrons. The summed E-state index contributed by atoms with van der Waals surface area (Å²) in [4.78, 5) is 11.5. The Morgan fingerprint density at radius 1 is 1.44 bits per heavy atom. The summed E-state index contributed by atoms with van der Waals surface area (Å²) in [5.74, 6) is -0.372. The molecule has 3 nitrogen and oxygen atoms in total. The van der Waals surface area contributed by atoms with Crippen molar-refractivity contribution in [2.24, 2.45) is 0 Å². The summed E-state index contributed by atoms with van der Waals surface area (Å²) in [6.07, 6.45) is 1.77. The van der Waals surface area contributed by atoms with Crippen molar-refractivity contribution >= 4 is 16.9 Å². The predicted octanol–water partition coefficient (Wildman–Crippen LogP) is 2.40. The van der Waals surface area contributed by atoms with E-state index in [0.29, 0.717) is 12.1 Å². The summed E-state index contributed by atoms with van der Waals surface area (Å²) in [7, 11) is 1.35. The predicted molar refractivity (Wildman–Crippen MR) is 59.3 cm³/mol. The highest BCUT2D eigenvalue weighted by molar-refractivity contribution is 6.03. The number of aromatic nitrogens is 1. The Morgan fingerprint density at radius 2 is 2.25 bits per heavy atom. The summed E-state index contributed by atoms with van der Waals surface area (Å²) < 4.78 is 18.8. The SMILES string of the molecule is COC(=O)c1cccc2c1ccn2CCF. The molecule has 0 aliphatic rings. The Balaban J connectivity index is 2.57. The first-order valence-corrected chi connectivity index (χ1v) is 5.00. The fourth-order valence-corrected chi connectivity index (χ4v) is 1.80. The molecule has 0 amide bonds. The topological polar surface area (TPSA) is 31.2 Å². The fourth-order valence-electron chi connectivity index (χ4n) is 1.80. The lowest BCUT2D eigenvalue weighted by Gasteiger charge is -2.04. The maximum absolute atomic E-state index is 12.3. The molecule has 1 heterocycles. The molecule has 16 heavy (non-hydrogen) atoms. The van der Waals surface area contributed by atoms with Crippen LogP contribution in [0.1, 0.15) is 10.4 Å². The molecule has 0 aliphatic heterocycles. The van der Waals surface area contributed by atoms with Crippen LogP contribution in [0, 0.1) is 0 Å². The smallest absolute Gasteiger partial charge is 0.338 e. The minimum Gasteiger partial charge on any atom is -0.465 e. The van der Waals surface area contributed by atoms with Crippen LogP contribution < -0.4 is 0 Å². The third kappa shape index (κ3) is 1.66. The number of benzene rings is 1. The molecule has 2 aromatic rings. The van der Waals surface area contributed by atoms with Gasteiger partial charge >= 0.3 is 5.97 Å². The van der Waals surface area contributed by atoms with E-state index in [1.165, 1.54) is 7.11 Å². The first-order chi connectivity index (χ1) is 7.77. The van der Waals surface area contributed by atoms with E-state index >= 15 is 0 Å². The zero-order chi connectivity index (χ0) is 11.5. The van der Waals surface area contributed by atoms with Gasteiger partial charge in [0.2, 0.25) is 0 Å². The van der Waals surface area contributed by atoms with Crippen LogP contribution in [-0.2, 0) is 11.3 Å². The van der Waals surface area contributed by atoms with Crippen molar-refractivity contribution in [2.45, 2.75) is 6.54 Å². The van der Waals surface area contributed by atoms with Crippen molar-refractivity contribution in [3.8, 4) is 0 Å². The number of hydrogen-bond acceptors (Lipinski definition) is 2. The maximum atomic E-state index is 12.3. The lowest BCUT2D eigenvalue weighted by atomic mass is 10.1. The number of rotatable bonds is 3. The number of esters is 1. The first-order valence-electron chi connectivity index (χ1n) is 5.00. The van der Waals surface area contributed by atoms with Crippen LogP contribution in [0.4, 0.5) is 4.39 Å². The van der Waals surface area contributed by atoms with Gasteiger partial charge in [-0.05, 0) is 18.2 Å². The van der Waals surface area contributed by atoms with Gasteiger partial charge in [-0.25, -0.2) is 9.18 Å². The molecule has 1 aromatic heterocycles. The molecule has 0 aliphatic carbocycles. The number of ether oxygens (including phenoxy) is 1. The van der Waals surface area contributed by atoms with Crippen LogP contribution in [0.3, 0.4) is 0 Å². The van der Waals surface area contributed by atoms with Gasteiger partial charge in [0, 0.05) is 17.1 Å². The van der Waals surface area contributed by atoms with Crippen molar-refractivity contribution < 1.29 is 13.9 Å². The molecule has 0 fully saturated rings. The van der Waals surface area contributed by atoms with Gasteiger partial charge in [0.05, 0.1) is 19.2 Å². The lowest BCUT2D eigenvalue weighted by Crippen LogP contribution is -2.02. The van der Waals surface area contributed by atoms with Crippen LogP contribution in [0.15, 0.2) is 30.5 Å². The summed E-state index contributed by atoms with van der Waals surface area (Å²) >= 11 is 0. The average molecular weight is 221 g/mol. The second kappa shape index (κ2) is 4.35. The number of carbonyl (C=O) groups excluding carboxylic acids is 1. The van der Waals surface area contributed by atoms with Gasteiger partial charge in [0.1, 0.15) is 6.67 Å². The standard InChI is InChI=1S/C12H12FNO2/c1-16-12(15)10-3-2-4-11-9(10)5-7-14(11)8-6-13/h2-5,7H,6,8H2,1H3. The Bertz CT molecular complexity index is 519. The van der Waals surface area contributed by atoms with Crippen LogP contribution in [0.2, 0.25) is 0 Å². The zero-order valence-electron chi connectivity index (χ0n) is 8.94. The molecule has 2 rings (SSSR count). The van der Waals surface area contributed by atoms with Gasteiger partial charge in [-0.3, -0.25) is 0 Å².